The molecule has 1 amide bonds. The molecule has 6 rings (SSSR count). The van der Waals surface area contributed by atoms with Crippen molar-refractivity contribution >= 4 is 81.4 Å². The van der Waals surface area contributed by atoms with Crippen molar-refractivity contribution in [2.24, 2.45) is 5.73 Å². The van der Waals surface area contributed by atoms with E-state index in [1.165, 1.54) is 50.9 Å². The zero-order valence-corrected chi connectivity index (χ0v) is 40.9. The van der Waals surface area contributed by atoms with Crippen LogP contribution in [0.4, 0.5) is 41.9 Å². The molecule has 0 spiro atoms. The van der Waals surface area contributed by atoms with Gasteiger partial charge in [0.15, 0.2) is 0 Å². The molecule has 18 nitrogen and oxygen atoms in total. The summed E-state index contributed by atoms with van der Waals surface area (Å²) >= 11 is 14.3. The predicted molar refractivity (Wildman–Crippen MR) is 265 cm³/mol. The van der Waals surface area contributed by atoms with Gasteiger partial charge in [0.05, 0.1) is 54.0 Å². The number of ether oxygens (including phenoxy) is 4. The summed E-state index contributed by atoms with van der Waals surface area (Å²) in [7, 11) is 2.81. The number of ketones is 2. The number of aromatic nitrogens is 4. The molecule has 23 heteroatoms. The van der Waals surface area contributed by atoms with Gasteiger partial charge in [-0.3, -0.25) is 9.59 Å². The van der Waals surface area contributed by atoms with Crippen LogP contribution in [0, 0.1) is 11.6 Å². The van der Waals surface area contributed by atoms with Gasteiger partial charge in [0.2, 0.25) is 23.5 Å². The number of nitrogens with zero attached hydrogens (tertiary/aromatic N) is 4. The first-order valence-corrected chi connectivity index (χ1v) is 23.0. The quantitative estimate of drug-likeness (QED) is 0.0414. The summed E-state index contributed by atoms with van der Waals surface area (Å²) in [6.45, 7) is 7.08. The van der Waals surface area contributed by atoms with Crippen molar-refractivity contribution in [3.63, 3.8) is 0 Å². The van der Waals surface area contributed by atoms with E-state index in [0.717, 1.165) is 63.5 Å². The molecule has 0 unspecified atom stereocenters. The van der Waals surface area contributed by atoms with Crippen molar-refractivity contribution in [3.05, 3.63) is 82.7 Å². The van der Waals surface area contributed by atoms with Gasteiger partial charge < -0.3 is 52.1 Å². The van der Waals surface area contributed by atoms with Gasteiger partial charge in [-0.25, -0.2) is 28.3 Å². The second kappa shape index (κ2) is 29.9. The molecule has 4 aromatic rings. The molecule has 0 saturated heterocycles. The SMILES string of the molecule is C.CC(C)OC(=O)Cl.COc1ccc(F)cc1C(=O)c1cnc(NC2CCC(N)CC2)nc1N.COc1ccc(F)cc1C(=O)c1cnc(NC2CCC(NC(=O)OC(C)C)CC2)nc1N.ClCCl. The van der Waals surface area contributed by atoms with Gasteiger partial charge in [0, 0.05) is 48.2 Å². The first-order valence-electron chi connectivity index (χ1n) is 21.5. The molecule has 0 atom stereocenters. The minimum Gasteiger partial charge on any atom is -0.496 e. The maximum absolute atomic E-state index is 13.6. The largest absolute Gasteiger partial charge is 0.496 e. The number of alkyl halides is 2. The number of nitrogen functional groups attached to an aromatic ring is 2. The lowest BCUT2D eigenvalue weighted by atomic mass is 9.91. The van der Waals surface area contributed by atoms with E-state index in [4.69, 9.17) is 66.2 Å². The van der Waals surface area contributed by atoms with Crippen LogP contribution in [0.2, 0.25) is 0 Å². The van der Waals surface area contributed by atoms with E-state index in [1.54, 1.807) is 27.7 Å². The molecule has 2 aliphatic carbocycles. The third kappa shape index (κ3) is 20.0. The number of carbonyl (C=O) groups is 4. The maximum Gasteiger partial charge on any atom is 0.407 e. The van der Waals surface area contributed by atoms with Crippen LogP contribution in [-0.2, 0) is 9.47 Å². The number of amides is 1. The lowest BCUT2D eigenvalue weighted by molar-refractivity contribution is 0.102. The highest BCUT2D eigenvalue weighted by atomic mass is 35.5. The van der Waals surface area contributed by atoms with Crippen LogP contribution in [-0.4, -0.2) is 99.0 Å². The highest BCUT2D eigenvalue weighted by molar-refractivity contribution is 6.61. The summed E-state index contributed by atoms with van der Waals surface area (Å²) in [4.78, 5) is 63.8. The standard InChI is InChI=1S/C22H28FN5O4.C18H22FN5O2.C4H7ClO2.CH2Cl2.CH4/c1-12(2)32-22(30)27-15-7-5-14(6-8-15)26-21-25-11-17(20(24)28-21)19(29)16-10-13(23)4-9-18(16)31-3;1-26-15-7-2-10(19)8-13(15)16(25)14-9-22-18(24-17(14)21)23-12-5-3-11(20)4-6-12;1-3(2)7-4(5)6;2-1-3;/h4,9-12,14-15H,5-8H2,1-3H3,(H,27,30)(H3,24,25,26,28);2,7-9,11-12H,3-6,20H2,1H3,(H3,21,22,23,24);3H,1-2H3;1H2;1H4. The summed E-state index contributed by atoms with van der Waals surface area (Å²) in [5, 5.41) is 9.52. The van der Waals surface area contributed by atoms with Crippen LogP contribution in [0.1, 0.15) is 118 Å². The minimum atomic E-state index is -0.741. The molecule has 69 heavy (non-hydrogen) atoms. The number of halogens is 5. The molecule has 2 fully saturated rings. The van der Waals surface area contributed by atoms with E-state index in [9.17, 15) is 28.0 Å². The summed E-state index contributed by atoms with van der Waals surface area (Å²) in [5.41, 5.74) is 17.4. The van der Waals surface area contributed by atoms with Crippen LogP contribution >= 0.6 is 34.8 Å². The average Bonchev–Trinajstić information content (AvgIpc) is 3.27. The van der Waals surface area contributed by atoms with Crippen molar-refractivity contribution in [3.8, 4) is 11.5 Å². The maximum atomic E-state index is 13.6. The van der Waals surface area contributed by atoms with Crippen LogP contribution < -0.4 is 42.6 Å². The Kier molecular flexibility index (Phi) is 25.7. The van der Waals surface area contributed by atoms with Gasteiger partial charge in [-0.05, 0) is 115 Å². The van der Waals surface area contributed by atoms with E-state index in [1.807, 2.05) is 0 Å². The van der Waals surface area contributed by atoms with Crippen LogP contribution in [0.15, 0.2) is 48.8 Å². The van der Waals surface area contributed by atoms with E-state index >= 15 is 0 Å². The summed E-state index contributed by atoms with van der Waals surface area (Å²) in [5.74, 6) is -0.919. The Balaban J connectivity index is 0.000000396. The van der Waals surface area contributed by atoms with Crippen molar-refractivity contribution in [1.29, 1.82) is 0 Å². The molecule has 2 aromatic carbocycles. The molecule has 2 aromatic heterocycles. The van der Waals surface area contributed by atoms with Crippen molar-refractivity contribution < 1.29 is 46.9 Å². The first-order chi connectivity index (χ1) is 32.3. The van der Waals surface area contributed by atoms with Gasteiger partial charge >= 0.3 is 11.5 Å². The molecule has 0 aliphatic heterocycles. The number of alkyl carbamates (subject to hydrolysis) is 1. The van der Waals surface area contributed by atoms with E-state index in [0.29, 0.717) is 11.9 Å². The number of anilines is 4. The molecule has 2 saturated carbocycles. The molecule has 0 radical (unpaired) electrons. The predicted octanol–water partition coefficient (Wildman–Crippen LogP) is 9.24. The molecule has 2 aliphatic rings. The van der Waals surface area contributed by atoms with Gasteiger partial charge in [-0.15, -0.1) is 23.2 Å². The third-order valence-electron chi connectivity index (χ3n) is 10.1. The number of nitrogens with one attached hydrogen (secondary N) is 3. The first kappa shape index (κ1) is 59.3. The fourth-order valence-electron chi connectivity index (χ4n) is 6.90. The Morgan fingerprint density at radius 3 is 1.38 bits per heavy atom. The summed E-state index contributed by atoms with van der Waals surface area (Å²) < 4.78 is 46.9. The van der Waals surface area contributed by atoms with Crippen LogP contribution in [0.5, 0.6) is 11.5 Å². The number of nitrogens with two attached hydrogens (primary N) is 3. The van der Waals surface area contributed by atoms with E-state index < -0.39 is 34.7 Å². The lowest BCUT2D eigenvalue weighted by Gasteiger charge is -2.29. The van der Waals surface area contributed by atoms with Gasteiger partial charge in [0.1, 0.15) is 34.8 Å². The highest BCUT2D eigenvalue weighted by Gasteiger charge is 2.26. The molecular weight excluding hydrogens is 965 g/mol. The van der Waals surface area contributed by atoms with E-state index in [2.05, 4.69) is 40.6 Å². The Labute approximate surface area is 416 Å². The summed E-state index contributed by atoms with van der Waals surface area (Å²) in [6.07, 6.45) is 8.96. The summed E-state index contributed by atoms with van der Waals surface area (Å²) in [6, 6.07) is 8.06. The van der Waals surface area contributed by atoms with Crippen molar-refractivity contribution in [1.82, 2.24) is 25.3 Å². The van der Waals surface area contributed by atoms with Gasteiger partial charge in [-0.2, -0.15) is 9.97 Å². The smallest absolute Gasteiger partial charge is 0.407 e. The fraction of sp³-hybridized carbons (Fsp3) is 0.478. The zero-order valence-electron chi connectivity index (χ0n) is 38.6. The number of hydrogen-bond donors (Lipinski definition) is 6. The lowest BCUT2D eigenvalue weighted by Crippen LogP contribution is -2.41. The van der Waals surface area contributed by atoms with Crippen LogP contribution in [0.3, 0.4) is 0 Å². The number of rotatable bonds is 13. The van der Waals surface area contributed by atoms with Gasteiger partial charge in [-0.1, -0.05) is 7.43 Å². The monoisotopic (exact) mass is 1030 g/mol. The Hall–Kier alpha value is -5.83. The average molecular weight is 1030 g/mol. The molecular formula is C46H63Cl3F2N10O8. The second-order valence-electron chi connectivity index (χ2n) is 15.9. The Bertz CT molecular complexity index is 2290. The molecule has 380 valence electrons. The molecule has 2 heterocycles. The number of carbonyl (C=O) groups excluding carboxylic acids is 4. The second-order valence-corrected chi connectivity index (χ2v) is 17.0. The van der Waals surface area contributed by atoms with Gasteiger partial charge in [0.25, 0.3) is 0 Å². The molecule has 9 N–H and O–H groups in total. The van der Waals surface area contributed by atoms with Crippen molar-refractivity contribution in [2.45, 2.75) is 123 Å². The number of methoxy groups -OCH3 is 2. The Morgan fingerprint density at radius 2 is 1.04 bits per heavy atom. The van der Waals surface area contributed by atoms with Crippen LogP contribution in [0.25, 0.3) is 0 Å². The minimum absolute atomic E-state index is 0. The van der Waals surface area contributed by atoms with E-state index in [-0.39, 0.29) is 94.5 Å². The highest BCUT2D eigenvalue weighted by Crippen LogP contribution is 2.28. The normalized spacial score (nSPS) is 17.1. The Morgan fingerprint density at radius 1 is 0.667 bits per heavy atom. The third-order valence-corrected chi connectivity index (χ3v) is 10.2. The fourth-order valence-corrected chi connectivity index (χ4v) is 7.07. The molecule has 0 bridgehead atoms. The van der Waals surface area contributed by atoms with Crippen molar-refractivity contribution in [2.75, 3.05) is 41.7 Å². The number of hydrogen-bond acceptors (Lipinski definition) is 17. The number of benzene rings is 2. The topological polar surface area (TPSA) is 271 Å². The zero-order chi connectivity index (χ0) is 50.5.